The van der Waals surface area contributed by atoms with Crippen LogP contribution < -0.4 is 0 Å². The van der Waals surface area contributed by atoms with Gasteiger partial charge in [0.2, 0.25) is 0 Å². The summed E-state index contributed by atoms with van der Waals surface area (Å²) in [6.07, 6.45) is 5.45. The zero-order chi connectivity index (χ0) is 16.9. The van der Waals surface area contributed by atoms with E-state index < -0.39 is 0 Å². The monoisotopic (exact) mass is 324 g/mol. The minimum Gasteiger partial charge on any atom is -0.508 e. The fourth-order valence-electron chi connectivity index (χ4n) is 3.72. The Kier molecular flexibility index (Phi) is 5.21. The van der Waals surface area contributed by atoms with Gasteiger partial charge in [0.15, 0.2) is 0 Å². The van der Waals surface area contributed by atoms with E-state index in [-0.39, 0.29) is 18.1 Å². The molecule has 0 atom stereocenters. The number of aromatic hydroxyl groups is 2. The van der Waals surface area contributed by atoms with Crippen molar-refractivity contribution in [1.29, 1.82) is 0 Å². The van der Waals surface area contributed by atoms with Crippen LogP contribution in [0, 0.1) is 5.92 Å². The molecule has 1 fully saturated rings. The molecule has 2 aromatic rings. The molecule has 3 N–H and O–H groups in total. The first kappa shape index (κ1) is 16.6. The highest BCUT2D eigenvalue weighted by Crippen LogP contribution is 2.40. The van der Waals surface area contributed by atoms with E-state index >= 15 is 0 Å². The fraction of sp³-hybridized carbons (Fsp3) is 0.333. The number of rotatable bonds is 5. The Balaban J connectivity index is 2.16. The third-order valence-electron chi connectivity index (χ3n) is 4.86. The fourth-order valence-corrected chi connectivity index (χ4v) is 3.72. The van der Waals surface area contributed by atoms with Gasteiger partial charge >= 0.3 is 0 Å². The standard InChI is InChI=1S/C21H24O3/c22-14-13-20(15-3-1-2-4-15)21(16-5-9-18(23)10-6-16)17-7-11-19(24)12-8-17/h5-12,15,22-24H,1-4,13-14H2. The van der Waals surface area contributed by atoms with E-state index in [1.807, 2.05) is 24.3 Å². The largest absolute Gasteiger partial charge is 0.508 e. The first-order valence-electron chi connectivity index (χ1n) is 8.61. The average molecular weight is 324 g/mol. The van der Waals surface area contributed by atoms with Crippen LogP contribution in [0.25, 0.3) is 5.57 Å². The van der Waals surface area contributed by atoms with Crippen LogP contribution in [0.15, 0.2) is 54.1 Å². The summed E-state index contributed by atoms with van der Waals surface area (Å²) >= 11 is 0. The van der Waals surface area contributed by atoms with Crippen molar-refractivity contribution in [3.8, 4) is 11.5 Å². The normalized spacial score (nSPS) is 14.7. The summed E-state index contributed by atoms with van der Waals surface area (Å²) in [5.74, 6) is 0.983. The molecule has 0 unspecified atom stereocenters. The number of benzene rings is 2. The van der Waals surface area contributed by atoms with Crippen LogP contribution in [0.5, 0.6) is 11.5 Å². The lowest BCUT2D eigenvalue weighted by Crippen LogP contribution is -2.06. The Morgan fingerprint density at radius 2 is 1.25 bits per heavy atom. The van der Waals surface area contributed by atoms with E-state index in [0.717, 1.165) is 29.5 Å². The van der Waals surface area contributed by atoms with Crippen molar-refractivity contribution in [3.63, 3.8) is 0 Å². The third-order valence-corrected chi connectivity index (χ3v) is 4.86. The van der Waals surface area contributed by atoms with Gasteiger partial charge in [-0.05, 0) is 66.1 Å². The molecule has 0 bridgehead atoms. The van der Waals surface area contributed by atoms with Crippen LogP contribution in [0.1, 0.15) is 43.2 Å². The second-order valence-electron chi connectivity index (χ2n) is 6.45. The SMILES string of the molecule is OCCC(=C(c1ccc(O)cc1)c1ccc(O)cc1)C1CCCC1. The van der Waals surface area contributed by atoms with Gasteiger partial charge in [0, 0.05) is 6.61 Å². The van der Waals surface area contributed by atoms with Crippen molar-refractivity contribution >= 4 is 5.57 Å². The van der Waals surface area contributed by atoms with E-state index in [9.17, 15) is 15.3 Å². The summed E-state index contributed by atoms with van der Waals surface area (Å²) in [6.45, 7) is 0.130. The highest BCUT2D eigenvalue weighted by Gasteiger charge is 2.23. The van der Waals surface area contributed by atoms with Crippen molar-refractivity contribution in [2.75, 3.05) is 6.61 Å². The summed E-state index contributed by atoms with van der Waals surface area (Å²) < 4.78 is 0. The molecule has 1 saturated carbocycles. The van der Waals surface area contributed by atoms with Gasteiger partial charge in [0.25, 0.3) is 0 Å². The number of hydrogen-bond acceptors (Lipinski definition) is 3. The van der Waals surface area contributed by atoms with Crippen molar-refractivity contribution in [3.05, 3.63) is 65.2 Å². The van der Waals surface area contributed by atoms with E-state index in [4.69, 9.17) is 0 Å². The van der Waals surface area contributed by atoms with Gasteiger partial charge in [0.05, 0.1) is 0 Å². The average Bonchev–Trinajstić information content (AvgIpc) is 3.12. The van der Waals surface area contributed by atoms with Crippen LogP contribution in [0.4, 0.5) is 0 Å². The molecule has 0 aliphatic heterocycles. The molecule has 0 amide bonds. The zero-order valence-electron chi connectivity index (χ0n) is 13.8. The number of hydrogen-bond donors (Lipinski definition) is 3. The number of phenolic OH excluding ortho intramolecular Hbond substituents is 2. The van der Waals surface area contributed by atoms with Gasteiger partial charge in [-0.15, -0.1) is 0 Å². The molecule has 3 nitrogen and oxygen atoms in total. The van der Waals surface area contributed by atoms with Crippen LogP contribution >= 0.6 is 0 Å². The molecule has 0 aromatic heterocycles. The van der Waals surface area contributed by atoms with Crippen LogP contribution in [0.2, 0.25) is 0 Å². The molecule has 24 heavy (non-hydrogen) atoms. The van der Waals surface area contributed by atoms with Gasteiger partial charge in [-0.25, -0.2) is 0 Å². The van der Waals surface area contributed by atoms with Crippen LogP contribution in [0.3, 0.4) is 0 Å². The predicted octanol–water partition coefficient (Wildman–Crippen LogP) is 4.47. The molecule has 0 saturated heterocycles. The summed E-state index contributed by atoms with van der Waals surface area (Å²) in [4.78, 5) is 0. The minimum atomic E-state index is 0.130. The Morgan fingerprint density at radius 1 is 0.792 bits per heavy atom. The van der Waals surface area contributed by atoms with Gasteiger partial charge < -0.3 is 15.3 Å². The topological polar surface area (TPSA) is 60.7 Å². The molecule has 3 heteroatoms. The lowest BCUT2D eigenvalue weighted by atomic mass is 9.84. The number of phenols is 2. The molecule has 3 rings (SSSR count). The zero-order valence-corrected chi connectivity index (χ0v) is 13.8. The van der Waals surface area contributed by atoms with Crippen molar-refractivity contribution < 1.29 is 15.3 Å². The molecule has 0 radical (unpaired) electrons. The molecule has 2 aromatic carbocycles. The highest BCUT2D eigenvalue weighted by molar-refractivity contribution is 5.82. The van der Waals surface area contributed by atoms with E-state index in [1.54, 1.807) is 24.3 Å². The second kappa shape index (κ2) is 7.54. The summed E-state index contributed by atoms with van der Waals surface area (Å²) in [5.41, 5.74) is 4.48. The Hall–Kier alpha value is -2.26. The molecule has 1 aliphatic carbocycles. The van der Waals surface area contributed by atoms with Gasteiger partial charge in [-0.3, -0.25) is 0 Å². The maximum Gasteiger partial charge on any atom is 0.115 e. The summed E-state index contributed by atoms with van der Waals surface area (Å²) in [6, 6.07) is 14.5. The molecular formula is C21H24O3. The first-order valence-corrected chi connectivity index (χ1v) is 8.61. The van der Waals surface area contributed by atoms with E-state index in [0.29, 0.717) is 12.3 Å². The molecule has 0 spiro atoms. The Bertz CT molecular complexity index is 645. The lowest BCUT2D eigenvalue weighted by Gasteiger charge is -2.21. The van der Waals surface area contributed by atoms with Crippen molar-refractivity contribution in [2.24, 2.45) is 5.92 Å². The predicted molar refractivity (Wildman–Crippen MR) is 95.9 cm³/mol. The maximum atomic E-state index is 9.61. The molecular weight excluding hydrogens is 300 g/mol. The number of aliphatic hydroxyl groups is 1. The molecule has 126 valence electrons. The summed E-state index contributed by atoms with van der Waals surface area (Å²) in [7, 11) is 0. The minimum absolute atomic E-state index is 0.130. The third kappa shape index (κ3) is 3.62. The molecule has 0 heterocycles. The summed E-state index contributed by atoms with van der Waals surface area (Å²) in [5, 5.41) is 28.8. The maximum absolute atomic E-state index is 9.61. The Morgan fingerprint density at radius 3 is 1.67 bits per heavy atom. The quantitative estimate of drug-likeness (QED) is 0.760. The van der Waals surface area contributed by atoms with E-state index in [2.05, 4.69) is 0 Å². The lowest BCUT2D eigenvalue weighted by molar-refractivity contribution is 0.294. The van der Waals surface area contributed by atoms with Gasteiger partial charge in [-0.2, -0.15) is 0 Å². The van der Waals surface area contributed by atoms with Crippen LogP contribution in [-0.2, 0) is 0 Å². The van der Waals surface area contributed by atoms with Gasteiger partial charge in [-0.1, -0.05) is 42.7 Å². The smallest absolute Gasteiger partial charge is 0.115 e. The van der Waals surface area contributed by atoms with E-state index in [1.165, 1.54) is 18.4 Å². The second-order valence-corrected chi connectivity index (χ2v) is 6.45. The van der Waals surface area contributed by atoms with Crippen molar-refractivity contribution in [1.82, 2.24) is 0 Å². The van der Waals surface area contributed by atoms with Crippen molar-refractivity contribution in [2.45, 2.75) is 32.1 Å². The van der Waals surface area contributed by atoms with Crippen LogP contribution in [-0.4, -0.2) is 21.9 Å². The highest BCUT2D eigenvalue weighted by atomic mass is 16.3. The number of aliphatic hydroxyl groups excluding tert-OH is 1. The van der Waals surface area contributed by atoms with Gasteiger partial charge in [0.1, 0.15) is 11.5 Å². The molecule has 1 aliphatic rings. The first-order chi connectivity index (χ1) is 11.7. The Labute approximate surface area is 142 Å².